The van der Waals surface area contributed by atoms with Crippen molar-refractivity contribution in [3.63, 3.8) is 0 Å². The fourth-order valence-electron chi connectivity index (χ4n) is 4.88. The van der Waals surface area contributed by atoms with Crippen molar-refractivity contribution in [2.75, 3.05) is 58.0 Å². The molecular weight excluding hydrogens is 553 g/mol. The van der Waals surface area contributed by atoms with Crippen LogP contribution < -0.4 is 31.4 Å². The van der Waals surface area contributed by atoms with Gasteiger partial charge in [-0.15, -0.1) is 0 Å². The highest BCUT2D eigenvalue weighted by molar-refractivity contribution is 6.41. The van der Waals surface area contributed by atoms with Crippen LogP contribution in [0.25, 0.3) is 22.2 Å². The number of anilines is 3. The number of aryl methyl sites for hydroxylation is 1. The van der Waals surface area contributed by atoms with E-state index in [1.165, 1.54) is 14.2 Å². The lowest BCUT2D eigenvalue weighted by Gasteiger charge is -2.27. The maximum Gasteiger partial charge on any atom is 0.260 e. The molecule has 0 atom stereocenters. The van der Waals surface area contributed by atoms with Crippen LogP contribution in [0.1, 0.15) is 5.56 Å². The normalized spacial score (nSPS) is 13.9. The average Bonchev–Trinajstić information content (AvgIpc) is 2.96. The Morgan fingerprint density at radius 3 is 2.42 bits per heavy atom. The minimum atomic E-state index is -0.290. The number of hydrogen-bond donors (Lipinski definition) is 3. The number of rotatable bonds is 8. The predicted molar refractivity (Wildman–Crippen MR) is 161 cm³/mol. The molecule has 2 aromatic carbocycles. The summed E-state index contributed by atoms with van der Waals surface area (Å²) in [5, 5.41) is 7.66. The third-order valence-electron chi connectivity index (χ3n) is 7.06. The maximum absolute atomic E-state index is 14.2. The molecule has 4 N–H and O–H groups in total. The number of para-hydroxylation sites is 1. The second-order valence-electron chi connectivity index (χ2n) is 9.53. The Balaban J connectivity index is 1.67. The summed E-state index contributed by atoms with van der Waals surface area (Å²) in [5.74, 6) is 1.02. The standard InChI is InChI=1S/C28H31Cl2N7O3/c1-16-5-4-6-19(31)25(16)34-28-33-15-17-13-18(22-23(29)20(39-2)14-21(40-3)24(22)30)27(38)37(26(17)35-28)12-11-36-9-7-32-8-10-36/h4-6,13-15,32H,7-12,31H2,1-3H3,(H,33,34,35). The van der Waals surface area contributed by atoms with Crippen LogP contribution in [0.15, 0.2) is 41.3 Å². The van der Waals surface area contributed by atoms with Gasteiger partial charge in [0.25, 0.3) is 5.56 Å². The van der Waals surface area contributed by atoms with Crippen LogP contribution >= 0.6 is 23.2 Å². The quantitative estimate of drug-likeness (QED) is 0.260. The van der Waals surface area contributed by atoms with E-state index in [2.05, 4.69) is 20.5 Å². The first-order chi connectivity index (χ1) is 19.3. The number of fused-ring (bicyclic) bond motifs is 1. The SMILES string of the molecule is COc1cc(OC)c(Cl)c(-c2cc3cnc(Nc4c(C)cccc4N)nc3n(CCN3CCNCC3)c2=O)c1Cl. The van der Waals surface area contributed by atoms with Gasteiger partial charge in [0.15, 0.2) is 0 Å². The van der Waals surface area contributed by atoms with E-state index in [1.807, 2.05) is 25.1 Å². The van der Waals surface area contributed by atoms with Crippen LogP contribution in [0, 0.1) is 6.92 Å². The maximum atomic E-state index is 14.2. The molecule has 210 valence electrons. The van der Waals surface area contributed by atoms with Crippen molar-refractivity contribution < 1.29 is 9.47 Å². The summed E-state index contributed by atoms with van der Waals surface area (Å²) < 4.78 is 12.5. The summed E-state index contributed by atoms with van der Waals surface area (Å²) in [6, 6.07) is 8.94. The van der Waals surface area contributed by atoms with Gasteiger partial charge in [-0.2, -0.15) is 4.98 Å². The van der Waals surface area contributed by atoms with Gasteiger partial charge in [-0.3, -0.25) is 14.3 Å². The van der Waals surface area contributed by atoms with Crippen molar-refractivity contribution in [3.8, 4) is 22.6 Å². The Labute approximate surface area is 242 Å². The van der Waals surface area contributed by atoms with Crippen LogP contribution in [0.4, 0.5) is 17.3 Å². The van der Waals surface area contributed by atoms with Gasteiger partial charge in [-0.25, -0.2) is 4.98 Å². The fourth-order valence-corrected chi connectivity index (χ4v) is 5.58. The summed E-state index contributed by atoms with van der Waals surface area (Å²) in [6.45, 7) is 6.61. The number of nitrogens with one attached hydrogen (secondary N) is 2. The van der Waals surface area contributed by atoms with E-state index in [0.29, 0.717) is 58.4 Å². The number of nitrogens with zero attached hydrogens (tertiary/aromatic N) is 4. The van der Waals surface area contributed by atoms with E-state index in [9.17, 15) is 4.79 Å². The zero-order valence-electron chi connectivity index (χ0n) is 22.6. The molecule has 0 unspecified atom stereocenters. The molecule has 1 aliphatic rings. The van der Waals surface area contributed by atoms with Gasteiger partial charge in [-0.1, -0.05) is 35.3 Å². The minimum Gasteiger partial charge on any atom is -0.495 e. The molecule has 3 heterocycles. The number of hydrogen-bond acceptors (Lipinski definition) is 9. The van der Waals surface area contributed by atoms with E-state index in [4.69, 9.17) is 43.4 Å². The van der Waals surface area contributed by atoms with E-state index in [1.54, 1.807) is 22.9 Å². The molecule has 0 aliphatic carbocycles. The van der Waals surface area contributed by atoms with Crippen LogP contribution in [0.3, 0.4) is 0 Å². The van der Waals surface area contributed by atoms with Gasteiger partial charge in [-0.05, 0) is 24.6 Å². The Morgan fingerprint density at radius 1 is 1.07 bits per heavy atom. The molecule has 12 heteroatoms. The lowest BCUT2D eigenvalue weighted by molar-refractivity contribution is 0.232. The number of halogens is 2. The Kier molecular flexibility index (Phi) is 8.32. The van der Waals surface area contributed by atoms with Crippen molar-refractivity contribution in [1.29, 1.82) is 0 Å². The second-order valence-corrected chi connectivity index (χ2v) is 10.3. The lowest BCUT2D eigenvalue weighted by atomic mass is 10.0. The monoisotopic (exact) mass is 583 g/mol. The number of ether oxygens (including phenoxy) is 2. The lowest BCUT2D eigenvalue weighted by Crippen LogP contribution is -2.45. The number of methoxy groups -OCH3 is 2. The van der Waals surface area contributed by atoms with E-state index in [0.717, 1.165) is 37.4 Å². The molecule has 0 radical (unpaired) electrons. The highest BCUT2D eigenvalue weighted by Crippen LogP contribution is 2.45. The molecule has 1 aliphatic heterocycles. The highest BCUT2D eigenvalue weighted by Gasteiger charge is 2.24. The van der Waals surface area contributed by atoms with Gasteiger partial charge in [0.1, 0.15) is 17.1 Å². The van der Waals surface area contributed by atoms with Crippen LogP contribution in [0.2, 0.25) is 10.0 Å². The summed E-state index contributed by atoms with van der Waals surface area (Å²) >= 11 is 13.4. The number of nitrogens with two attached hydrogens (primary N) is 1. The molecular formula is C28H31Cl2N7O3. The minimum absolute atomic E-state index is 0.215. The number of pyridine rings is 1. The highest BCUT2D eigenvalue weighted by atomic mass is 35.5. The summed E-state index contributed by atoms with van der Waals surface area (Å²) in [4.78, 5) is 25.8. The van der Waals surface area contributed by atoms with Crippen LogP contribution in [0.5, 0.6) is 11.5 Å². The Hall–Kier alpha value is -3.57. The van der Waals surface area contributed by atoms with Crippen molar-refractivity contribution in [2.24, 2.45) is 0 Å². The smallest absolute Gasteiger partial charge is 0.260 e. The van der Waals surface area contributed by atoms with Gasteiger partial charge >= 0.3 is 0 Å². The van der Waals surface area contributed by atoms with Crippen molar-refractivity contribution in [1.82, 2.24) is 24.8 Å². The van der Waals surface area contributed by atoms with Crippen LogP contribution in [-0.4, -0.2) is 66.4 Å². The summed E-state index contributed by atoms with van der Waals surface area (Å²) in [5.41, 5.74) is 9.26. The van der Waals surface area contributed by atoms with Gasteiger partial charge < -0.3 is 25.8 Å². The first kappa shape index (κ1) is 28.0. The number of benzene rings is 2. The van der Waals surface area contributed by atoms with Crippen molar-refractivity contribution in [2.45, 2.75) is 13.5 Å². The topological polar surface area (TPSA) is 120 Å². The third kappa shape index (κ3) is 5.40. The number of piperazine rings is 1. The second kappa shape index (κ2) is 11.9. The molecule has 0 bridgehead atoms. The molecule has 1 saturated heterocycles. The summed E-state index contributed by atoms with van der Waals surface area (Å²) in [7, 11) is 2.99. The largest absolute Gasteiger partial charge is 0.495 e. The van der Waals surface area contributed by atoms with Crippen molar-refractivity contribution in [3.05, 3.63) is 62.5 Å². The Morgan fingerprint density at radius 2 is 1.77 bits per heavy atom. The van der Waals surface area contributed by atoms with E-state index in [-0.39, 0.29) is 15.6 Å². The predicted octanol–water partition coefficient (Wildman–Crippen LogP) is 4.32. The van der Waals surface area contributed by atoms with Crippen molar-refractivity contribution >= 4 is 51.6 Å². The van der Waals surface area contributed by atoms with Crippen LogP contribution in [-0.2, 0) is 6.54 Å². The first-order valence-corrected chi connectivity index (χ1v) is 13.6. The molecule has 2 aromatic heterocycles. The molecule has 0 saturated carbocycles. The Bertz CT molecular complexity index is 1570. The number of aromatic nitrogens is 3. The molecule has 10 nitrogen and oxygen atoms in total. The van der Waals surface area contributed by atoms with E-state index < -0.39 is 0 Å². The van der Waals surface area contributed by atoms with Gasteiger partial charge in [0, 0.05) is 62.5 Å². The van der Waals surface area contributed by atoms with E-state index >= 15 is 0 Å². The molecule has 40 heavy (non-hydrogen) atoms. The summed E-state index contributed by atoms with van der Waals surface area (Å²) in [6.07, 6.45) is 1.67. The number of nitrogen functional groups attached to an aromatic ring is 1. The van der Waals surface area contributed by atoms with Gasteiger partial charge in [0.05, 0.1) is 41.2 Å². The molecule has 1 fully saturated rings. The molecule has 5 rings (SSSR count). The average molecular weight is 585 g/mol. The fraction of sp³-hybridized carbons (Fsp3) is 0.321. The molecule has 0 amide bonds. The zero-order valence-corrected chi connectivity index (χ0v) is 24.1. The molecule has 4 aromatic rings. The van der Waals surface area contributed by atoms with Gasteiger partial charge in [0.2, 0.25) is 5.95 Å². The zero-order chi connectivity index (χ0) is 28.4. The third-order valence-corrected chi connectivity index (χ3v) is 7.81. The first-order valence-electron chi connectivity index (χ1n) is 12.9. The molecule has 0 spiro atoms.